The molecule has 3 rings (SSSR count). The third-order valence-electron chi connectivity index (χ3n) is 4.91. The number of amides is 3. The topological polar surface area (TPSA) is 106 Å². The van der Waals surface area contributed by atoms with Crippen molar-refractivity contribution in [3.63, 3.8) is 0 Å². The molecule has 1 aromatic carbocycles. The van der Waals surface area contributed by atoms with Gasteiger partial charge in [0.2, 0.25) is 5.91 Å². The van der Waals surface area contributed by atoms with E-state index in [1.807, 2.05) is 27.7 Å². The van der Waals surface area contributed by atoms with E-state index in [0.29, 0.717) is 24.0 Å². The second-order valence-electron chi connectivity index (χ2n) is 6.85. The molecule has 2 heterocycles. The first kappa shape index (κ1) is 20.2. The fourth-order valence-electron chi connectivity index (χ4n) is 3.45. The summed E-state index contributed by atoms with van der Waals surface area (Å²) in [6, 6.07) is 7.61. The number of primary amides is 1. The van der Waals surface area contributed by atoms with Crippen LogP contribution in [0.1, 0.15) is 25.3 Å². The summed E-state index contributed by atoms with van der Waals surface area (Å²) in [7, 11) is 0. The first-order valence-electron chi connectivity index (χ1n) is 9.50. The standard InChI is InChI=1S/C19H26N6O2S/c1-2-15-7-3-4-8-16(15)25-13-22-23-19(25)28-12-17(26)24-9-5-6-14(11-24)10-21-18(20)27/h3-4,7-8,13-14H,2,5-6,9-12H2,1H3,(H3,20,21,27)/t14-/m0/s1. The highest BCUT2D eigenvalue weighted by Crippen LogP contribution is 2.24. The van der Waals surface area contributed by atoms with Crippen LogP contribution in [0.25, 0.3) is 5.69 Å². The summed E-state index contributed by atoms with van der Waals surface area (Å²) in [5, 5.41) is 11.6. The number of benzene rings is 1. The Bertz CT molecular complexity index is 824. The minimum atomic E-state index is -0.522. The van der Waals surface area contributed by atoms with Gasteiger partial charge in [-0.25, -0.2) is 4.79 Å². The number of nitrogens with zero attached hydrogens (tertiary/aromatic N) is 4. The van der Waals surface area contributed by atoms with Crippen LogP contribution in [0, 0.1) is 5.92 Å². The highest BCUT2D eigenvalue weighted by atomic mass is 32.2. The number of aromatic nitrogens is 3. The van der Waals surface area contributed by atoms with Crippen molar-refractivity contribution < 1.29 is 9.59 Å². The van der Waals surface area contributed by atoms with E-state index in [9.17, 15) is 9.59 Å². The Balaban J connectivity index is 1.60. The van der Waals surface area contributed by atoms with Gasteiger partial charge in [-0.1, -0.05) is 36.9 Å². The molecule has 0 spiro atoms. The Morgan fingerprint density at radius 1 is 1.36 bits per heavy atom. The summed E-state index contributed by atoms with van der Waals surface area (Å²) < 4.78 is 1.94. The lowest BCUT2D eigenvalue weighted by atomic mass is 9.98. The number of likely N-dealkylation sites (tertiary alicyclic amines) is 1. The number of para-hydroxylation sites is 1. The van der Waals surface area contributed by atoms with Crippen molar-refractivity contribution in [1.29, 1.82) is 0 Å². The fraction of sp³-hybridized carbons (Fsp3) is 0.474. The second kappa shape index (κ2) is 9.59. The number of nitrogens with one attached hydrogen (secondary N) is 1. The maximum Gasteiger partial charge on any atom is 0.312 e. The van der Waals surface area contributed by atoms with Gasteiger partial charge in [-0.3, -0.25) is 9.36 Å². The van der Waals surface area contributed by atoms with E-state index in [2.05, 4.69) is 28.5 Å². The van der Waals surface area contributed by atoms with E-state index in [-0.39, 0.29) is 11.8 Å². The molecule has 2 aromatic rings. The van der Waals surface area contributed by atoms with Crippen LogP contribution in [0.5, 0.6) is 0 Å². The molecule has 28 heavy (non-hydrogen) atoms. The van der Waals surface area contributed by atoms with Gasteiger partial charge in [0.1, 0.15) is 6.33 Å². The zero-order valence-electron chi connectivity index (χ0n) is 16.0. The number of hydrogen-bond donors (Lipinski definition) is 2. The van der Waals surface area contributed by atoms with Gasteiger partial charge in [-0.2, -0.15) is 0 Å². The molecule has 0 radical (unpaired) electrons. The molecule has 1 aliphatic rings. The second-order valence-corrected chi connectivity index (χ2v) is 7.79. The molecule has 0 saturated carbocycles. The Hall–Kier alpha value is -2.55. The van der Waals surface area contributed by atoms with Gasteiger partial charge in [0, 0.05) is 19.6 Å². The van der Waals surface area contributed by atoms with Crippen LogP contribution in [0.4, 0.5) is 4.79 Å². The number of hydrogen-bond acceptors (Lipinski definition) is 5. The van der Waals surface area contributed by atoms with Crippen LogP contribution in [0.15, 0.2) is 35.7 Å². The number of carbonyl (C=O) groups is 2. The van der Waals surface area contributed by atoms with Gasteiger partial charge >= 0.3 is 6.03 Å². The maximum atomic E-state index is 12.7. The molecular formula is C19H26N6O2S. The van der Waals surface area contributed by atoms with E-state index in [4.69, 9.17) is 5.73 Å². The third-order valence-corrected chi connectivity index (χ3v) is 5.84. The number of piperidine rings is 1. The Morgan fingerprint density at radius 2 is 2.18 bits per heavy atom. The van der Waals surface area contributed by atoms with E-state index in [1.165, 1.54) is 17.3 Å². The molecule has 3 amide bonds. The lowest BCUT2D eigenvalue weighted by Crippen LogP contribution is -2.45. The van der Waals surface area contributed by atoms with Gasteiger partial charge in [0.05, 0.1) is 11.4 Å². The minimum Gasteiger partial charge on any atom is -0.352 e. The molecule has 9 heteroatoms. The fourth-order valence-corrected chi connectivity index (χ4v) is 4.28. The number of nitrogens with two attached hydrogens (primary N) is 1. The largest absolute Gasteiger partial charge is 0.352 e. The molecule has 1 fully saturated rings. The van der Waals surface area contributed by atoms with Crippen LogP contribution < -0.4 is 11.1 Å². The van der Waals surface area contributed by atoms with Crippen LogP contribution in [0.3, 0.4) is 0 Å². The minimum absolute atomic E-state index is 0.0760. The summed E-state index contributed by atoms with van der Waals surface area (Å²) in [6.45, 7) is 4.01. The molecular weight excluding hydrogens is 376 g/mol. The average Bonchev–Trinajstić information content (AvgIpc) is 3.19. The summed E-state index contributed by atoms with van der Waals surface area (Å²) in [5.41, 5.74) is 7.39. The van der Waals surface area contributed by atoms with Crippen molar-refractivity contribution in [3.05, 3.63) is 36.2 Å². The first-order chi connectivity index (χ1) is 13.6. The maximum absolute atomic E-state index is 12.7. The third kappa shape index (κ3) is 5.03. The lowest BCUT2D eigenvalue weighted by Gasteiger charge is -2.32. The van der Waals surface area contributed by atoms with Crippen LogP contribution in [-0.4, -0.2) is 57.0 Å². The first-order valence-corrected chi connectivity index (χ1v) is 10.5. The van der Waals surface area contributed by atoms with Crippen molar-refractivity contribution in [2.24, 2.45) is 11.7 Å². The molecule has 0 aliphatic carbocycles. The quantitative estimate of drug-likeness (QED) is 0.687. The smallest absolute Gasteiger partial charge is 0.312 e. The van der Waals surface area contributed by atoms with E-state index >= 15 is 0 Å². The van der Waals surface area contributed by atoms with Gasteiger partial charge in [-0.05, 0) is 36.8 Å². The molecule has 0 unspecified atom stereocenters. The van der Waals surface area contributed by atoms with Crippen molar-refractivity contribution >= 4 is 23.7 Å². The van der Waals surface area contributed by atoms with Crippen molar-refractivity contribution in [2.75, 3.05) is 25.4 Å². The van der Waals surface area contributed by atoms with Gasteiger partial charge in [-0.15, -0.1) is 10.2 Å². The van der Waals surface area contributed by atoms with E-state index < -0.39 is 6.03 Å². The SMILES string of the molecule is CCc1ccccc1-n1cnnc1SCC(=O)N1CCC[C@@H](CNC(N)=O)C1. The summed E-state index contributed by atoms with van der Waals surface area (Å²) in [5.74, 6) is 0.630. The van der Waals surface area contributed by atoms with Crippen molar-refractivity contribution in [2.45, 2.75) is 31.3 Å². The van der Waals surface area contributed by atoms with Gasteiger partial charge in [0.15, 0.2) is 5.16 Å². The highest BCUT2D eigenvalue weighted by molar-refractivity contribution is 7.99. The number of carbonyl (C=O) groups excluding carboxylic acids is 2. The van der Waals surface area contributed by atoms with Crippen molar-refractivity contribution in [1.82, 2.24) is 25.0 Å². The molecule has 8 nitrogen and oxygen atoms in total. The molecule has 3 N–H and O–H groups in total. The van der Waals surface area contributed by atoms with Gasteiger partial charge in [0.25, 0.3) is 0 Å². The number of urea groups is 1. The summed E-state index contributed by atoms with van der Waals surface area (Å²) >= 11 is 1.40. The predicted molar refractivity (Wildman–Crippen MR) is 108 cm³/mol. The predicted octanol–water partition coefficient (Wildman–Crippen LogP) is 1.83. The van der Waals surface area contributed by atoms with Crippen LogP contribution >= 0.6 is 11.8 Å². The van der Waals surface area contributed by atoms with Crippen LogP contribution in [0.2, 0.25) is 0 Å². The molecule has 150 valence electrons. The molecule has 0 bridgehead atoms. The average molecular weight is 403 g/mol. The molecule has 1 aromatic heterocycles. The number of rotatable bonds is 7. The zero-order valence-corrected chi connectivity index (χ0v) is 16.8. The molecule has 1 atom stereocenters. The lowest BCUT2D eigenvalue weighted by molar-refractivity contribution is -0.130. The molecule has 1 aliphatic heterocycles. The Morgan fingerprint density at radius 3 is 2.96 bits per heavy atom. The Kier molecular flexibility index (Phi) is 6.91. The number of thioether (sulfide) groups is 1. The summed E-state index contributed by atoms with van der Waals surface area (Å²) in [4.78, 5) is 25.4. The van der Waals surface area contributed by atoms with E-state index in [0.717, 1.165) is 31.5 Å². The van der Waals surface area contributed by atoms with E-state index in [1.54, 1.807) is 6.33 Å². The zero-order chi connectivity index (χ0) is 19.9. The monoisotopic (exact) mass is 402 g/mol. The number of aryl methyl sites for hydroxylation is 1. The van der Waals surface area contributed by atoms with Crippen molar-refractivity contribution in [3.8, 4) is 5.69 Å². The van der Waals surface area contributed by atoms with Crippen LogP contribution in [-0.2, 0) is 11.2 Å². The normalized spacial score (nSPS) is 16.8. The summed E-state index contributed by atoms with van der Waals surface area (Å²) in [6.07, 6.45) is 4.51. The molecule has 1 saturated heterocycles. The van der Waals surface area contributed by atoms with Gasteiger partial charge < -0.3 is 16.0 Å². The Labute approximate surface area is 168 Å². The highest BCUT2D eigenvalue weighted by Gasteiger charge is 2.24.